The molecule has 4 rings (SSSR count). The Bertz CT molecular complexity index is 806. The van der Waals surface area contributed by atoms with Crippen molar-refractivity contribution < 1.29 is 14.4 Å². The normalized spacial score (nSPS) is 23.1. The van der Waals surface area contributed by atoms with Gasteiger partial charge in [0, 0.05) is 0 Å². The molecule has 0 fully saturated rings. The Morgan fingerprint density at radius 3 is 1.67 bits per heavy atom. The zero-order valence-electron chi connectivity index (χ0n) is 13.9. The molecule has 0 saturated heterocycles. The van der Waals surface area contributed by atoms with Crippen molar-refractivity contribution in [1.29, 1.82) is 0 Å². The molecule has 2 aliphatic rings. The second-order valence-corrected chi connectivity index (χ2v) is 59.9. The number of fused-ring (bicyclic) bond motifs is 2. The van der Waals surface area contributed by atoms with Gasteiger partial charge in [-0.25, -0.2) is 0 Å². The molecule has 2 unspecified atom stereocenters. The molecule has 0 saturated carbocycles. The summed E-state index contributed by atoms with van der Waals surface area (Å²) in [5, 5.41) is 0. The Kier molecular flexibility index (Phi) is 4.24. The van der Waals surface area contributed by atoms with E-state index in [-0.39, 0.29) is 0 Å². The second kappa shape index (κ2) is 5.91. The summed E-state index contributed by atoms with van der Waals surface area (Å²) in [6.07, 6.45) is 9.33. The van der Waals surface area contributed by atoms with Crippen molar-refractivity contribution in [3.8, 4) is 0 Å². The van der Waals surface area contributed by atoms with Gasteiger partial charge in [-0.2, -0.15) is 0 Å². The number of allylic oxidation sites excluding steroid dienone is 2. The first kappa shape index (κ1) is 17.2. The van der Waals surface area contributed by atoms with E-state index in [1.165, 1.54) is 22.3 Å². The van der Waals surface area contributed by atoms with Gasteiger partial charge in [-0.05, 0) is 0 Å². The summed E-state index contributed by atoms with van der Waals surface area (Å²) in [6.45, 7) is 4.88. The third-order valence-corrected chi connectivity index (χ3v) is 69.5. The minimum atomic E-state index is -3.82. The van der Waals surface area contributed by atoms with Gasteiger partial charge in [0.25, 0.3) is 0 Å². The van der Waals surface area contributed by atoms with Crippen LogP contribution in [0.2, 0.25) is 13.1 Å². The van der Waals surface area contributed by atoms with Gasteiger partial charge in [-0.15, -0.1) is 0 Å². The van der Waals surface area contributed by atoms with E-state index >= 15 is 0 Å². The summed E-state index contributed by atoms with van der Waals surface area (Å²) < 4.78 is 0.744. The Labute approximate surface area is 155 Å². The van der Waals surface area contributed by atoms with Gasteiger partial charge in [0.15, 0.2) is 0 Å². The molecule has 0 aromatic heterocycles. The average Bonchev–Trinajstić information content (AvgIpc) is 3.20. The van der Waals surface area contributed by atoms with Crippen LogP contribution in [0.5, 0.6) is 0 Å². The molecule has 0 heterocycles. The molecule has 123 valence electrons. The minimum absolute atomic E-state index is 0.372. The molecule has 0 amide bonds. The van der Waals surface area contributed by atoms with Crippen LogP contribution in [0, 0.1) is 0 Å². The van der Waals surface area contributed by atoms with Crippen LogP contribution in [0.25, 0.3) is 12.2 Å². The predicted molar refractivity (Wildman–Crippen MR) is 110 cm³/mol. The zero-order valence-corrected chi connectivity index (χ0v) is 19.9. The maximum atomic E-state index is 7.88. The fraction of sp³-hybridized carbons (Fsp3) is 0.200. The van der Waals surface area contributed by atoms with Gasteiger partial charge in [0.2, 0.25) is 0 Å². The summed E-state index contributed by atoms with van der Waals surface area (Å²) in [5.41, 5.74) is 5.53. The zero-order chi connectivity index (χ0) is 17.0. The van der Waals surface area contributed by atoms with Crippen molar-refractivity contribution in [3.63, 3.8) is 0 Å². The van der Waals surface area contributed by atoms with E-state index < -0.39 is 20.3 Å². The van der Waals surface area contributed by atoms with Crippen molar-refractivity contribution >= 4 is 38.8 Å². The van der Waals surface area contributed by atoms with Crippen LogP contribution in [0.15, 0.2) is 60.7 Å². The van der Waals surface area contributed by atoms with Gasteiger partial charge in [0.05, 0.1) is 0 Å². The first-order chi connectivity index (χ1) is 11.4. The van der Waals surface area contributed by atoms with Gasteiger partial charge >= 0.3 is 156 Å². The van der Waals surface area contributed by atoms with E-state index in [1.807, 2.05) is 0 Å². The maximum absolute atomic E-state index is 7.88. The predicted octanol–water partition coefficient (Wildman–Crippen LogP) is 6.66. The van der Waals surface area contributed by atoms with E-state index in [9.17, 15) is 0 Å². The summed E-state index contributed by atoms with van der Waals surface area (Å²) in [5.74, 6) is -1.15. The van der Waals surface area contributed by atoms with E-state index in [4.69, 9.17) is 8.51 Å². The summed E-state index contributed by atoms with van der Waals surface area (Å²) in [6, 6.07) is 17.5. The Morgan fingerprint density at radius 2 is 1.25 bits per heavy atom. The van der Waals surface area contributed by atoms with Gasteiger partial charge in [-0.1, -0.05) is 0 Å². The molecule has 2 aromatic carbocycles. The standard InChI is InChI=1S/2C9H7.C2H7Si.BrH.ClH.Zr/c2*1-2-5-9-7-3-6-8(9)4-1;1-3-2;;;/h2*1-7H;3H,1-2H3;2*1H;/q;;;;;+2/p-2. The Morgan fingerprint density at radius 1 is 0.833 bits per heavy atom. The average molecular weight is 496 g/mol. The topological polar surface area (TPSA) is 0 Å². The molecule has 24 heavy (non-hydrogen) atoms. The quantitative estimate of drug-likeness (QED) is 0.418. The molecular formula is C20H21BrClSiZr. The third-order valence-electron chi connectivity index (χ3n) is 5.89. The van der Waals surface area contributed by atoms with Crippen molar-refractivity contribution in [3.05, 3.63) is 82.9 Å². The fourth-order valence-electron chi connectivity index (χ4n) is 4.37. The van der Waals surface area contributed by atoms with Gasteiger partial charge in [0.1, 0.15) is 0 Å². The molecule has 2 aromatic rings. The monoisotopic (exact) mass is 493 g/mol. The fourth-order valence-corrected chi connectivity index (χ4v) is 34.3. The summed E-state index contributed by atoms with van der Waals surface area (Å²) in [4.78, 5) is 0. The van der Waals surface area contributed by atoms with E-state index in [0.29, 0.717) is 7.25 Å². The van der Waals surface area contributed by atoms with E-state index in [1.54, 1.807) is 0 Å². The van der Waals surface area contributed by atoms with Crippen LogP contribution < -0.4 is 0 Å². The Hall–Kier alpha value is -0.210. The van der Waals surface area contributed by atoms with Crippen molar-refractivity contribution in [2.45, 2.75) is 20.3 Å². The summed E-state index contributed by atoms with van der Waals surface area (Å²) in [7, 11) is 7.88. The molecule has 2 aliphatic carbocycles. The number of benzene rings is 2. The van der Waals surface area contributed by atoms with Gasteiger partial charge < -0.3 is 0 Å². The Balaban J connectivity index is 1.92. The van der Waals surface area contributed by atoms with Crippen LogP contribution in [0.4, 0.5) is 0 Å². The molecule has 0 bridgehead atoms. The molecule has 0 N–H and O–H groups in total. The van der Waals surface area contributed by atoms with Crippen molar-refractivity contribution in [2.24, 2.45) is 0 Å². The van der Waals surface area contributed by atoms with Crippen molar-refractivity contribution in [1.82, 2.24) is 0 Å². The van der Waals surface area contributed by atoms with Crippen LogP contribution >= 0.6 is 20.7 Å². The van der Waals surface area contributed by atoms with Crippen LogP contribution in [0.1, 0.15) is 29.5 Å². The number of rotatable bonds is 3. The van der Waals surface area contributed by atoms with Crippen LogP contribution in [-0.2, 0) is 14.4 Å². The first-order valence-corrected chi connectivity index (χ1v) is 27.3. The number of halogens is 2. The first-order valence-electron chi connectivity index (χ1n) is 8.54. The molecular weight excluding hydrogens is 475 g/mol. The molecule has 4 heteroatoms. The van der Waals surface area contributed by atoms with Gasteiger partial charge in [-0.3, -0.25) is 0 Å². The van der Waals surface area contributed by atoms with Crippen LogP contribution in [-0.4, -0.2) is 5.92 Å². The molecule has 0 spiro atoms. The SMILES string of the molecule is C[SiH](C)[Zr]([Cl])([Br])([CH]1C=Cc2ccccc21)[CH]1C=Cc2ccccc21. The second-order valence-electron chi connectivity index (χ2n) is 7.31. The van der Waals surface area contributed by atoms with E-state index in [2.05, 4.69) is 98.1 Å². The molecule has 0 radical (unpaired) electrons. The van der Waals surface area contributed by atoms with E-state index in [0.717, 1.165) is 0 Å². The molecule has 0 aliphatic heterocycles. The number of hydrogen-bond acceptors (Lipinski definition) is 0. The molecule has 0 nitrogen and oxygen atoms in total. The van der Waals surface area contributed by atoms with Crippen molar-refractivity contribution in [2.75, 3.05) is 0 Å². The summed E-state index contributed by atoms with van der Waals surface area (Å²) >= 11 is 0.557. The van der Waals surface area contributed by atoms with Crippen LogP contribution in [0.3, 0.4) is 0 Å². The number of hydrogen-bond donors (Lipinski definition) is 0. The molecule has 2 atom stereocenters. The third kappa shape index (κ3) is 2.31.